The Morgan fingerprint density at radius 2 is 1.93 bits per heavy atom. The van der Waals surface area contributed by atoms with Crippen LogP contribution in [0.25, 0.3) is 10.9 Å². The van der Waals surface area contributed by atoms with E-state index in [9.17, 15) is 9.59 Å². The lowest BCUT2D eigenvalue weighted by molar-refractivity contribution is -0.133. The van der Waals surface area contributed by atoms with E-state index in [1.54, 1.807) is 17.0 Å². The zero-order valence-corrected chi connectivity index (χ0v) is 15.6. The van der Waals surface area contributed by atoms with Gasteiger partial charge in [0.25, 0.3) is 5.56 Å². The van der Waals surface area contributed by atoms with E-state index in [0.717, 1.165) is 25.5 Å². The molecule has 0 unspecified atom stereocenters. The van der Waals surface area contributed by atoms with Crippen LogP contribution in [0.15, 0.2) is 41.7 Å². The Bertz CT molecular complexity index is 991. The van der Waals surface area contributed by atoms with Crippen LogP contribution in [0.1, 0.15) is 18.7 Å². The van der Waals surface area contributed by atoms with Gasteiger partial charge in [-0.05, 0) is 18.6 Å². The third-order valence-corrected chi connectivity index (χ3v) is 5.08. The van der Waals surface area contributed by atoms with Crippen molar-refractivity contribution in [3.8, 4) is 0 Å². The third kappa shape index (κ3) is 4.09. The number of carbonyl (C=O) groups excluding carboxylic acids is 1. The van der Waals surface area contributed by atoms with Crippen LogP contribution in [-0.4, -0.2) is 66.6 Å². The van der Waals surface area contributed by atoms with Crippen LogP contribution in [0.3, 0.4) is 0 Å². The number of aryl methyl sites for hydroxylation is 1. The Morgan fingerprint density at radius 3 is 2.71 bits per heavy atom. The van der Waals surface area contributed by atoms with Crippen molar-refractivity contribution in [2.45, 2.75) is 25.9 Å². The van der Waals surface area contributed by atoms with Crippen molar-refractivity contribution < 1.29 is 4.79 Å². The molecule has 1 fully saturated rings. The number of aromatic amines is 1. The highest BCUT2D eigenvalue weighted by molar-refractivity contribution is 5.77. The Morgan fingerprint density at radius 1 is 1.11 bits per heavy atom. The van der Waals surface area contributed by atoms with Gasteiger partial charge < -0.3 is 4.90 Å². The van der Waals surface area contributed by atoms with Crippen molar-refractivity contribution in [3.63, 3.8) is 0 Å². The number of fused-ring (bicyclic) bond motifs is 1. The van der Waals surface area contributed by atoms with Crippen LogP contribution in [-0.2, 0) is 17.9 Å². The molecule has 2 aromatic heterocycles. The van der Waals surface area contributed by atoms with Gasteiger partial charge in [0.05, 0.1) is 23.8 Å². The molecule has 0 aliphatic carbocycles. The summed E-state index contributed by atoms with van der Waals surface area (Å²) in [4.78, 5) is 37.6. The fourth-order valence-electron chi connectivity index (χ4n) is 3.50. The third-order valence-electron chi connectivity index (χ3n) is 5.08. The number of nitrogens with zero attached hydrogens (tertiary/aromatic N) is 6. The van der Waals surface area contributed by atoms with Crippen molar-refractivity contribution >= 4 is 16.8 Å². The molecule has 3 aromatic rings. The first-order valence-electron chi connectivity index (χ1n) is 9.49. The van der Waals surface area contributed by atoms with Gasteiger partial charge in [0.1, 0.15) is 12.2 Å². The molecular formula is C19H23N7O2. The van der Waals surface area contributed by atoms with Gasteiger partial charge in [-0.3, -0.25) is 24.2 Å². The number of benzene rings is 1. The first-order chi connectivity index (χ1) is 13.7. The number of piperazine rings is 1. The summed E-state index contributed by atoms with van der Waals surface area (Å²) in [6.07, 6.45) is 4.13. The fraction of sp³-hybridized carbons (Fsp3) is 0.421. The van der Waals surface area contributed by atoms with E-state index < -0.39 is 0 Å². The number of amides is 1. The SMILES string of the molecule is O=C(CCCn1cnc2ccccc2c1=O)N1CCN(Cc2ncn[nH]2)CC1. The number of aromatic nitrogens is 5. The number of carbonyl (C=O) groups is 1. The molecule has 0 bridgehead atoms. The van der Waals surface area contributed by atoms with Gasteiger partial charge in [-0.2, -0.15) is 5.10 Å². The number of rotatable bonds is 6. The zero-order valence-electron chi connectivity index (χ0n) is 15.6. The van der Waals surface area contributed by atoms with Crippen molar-refractivity contribution in [1.82, 2.24) is 34.5 Å². The maximum atomic E-state index is 12.5. The molecule has 1 aromatic carbocycles. The molecule has 0 saturated carbocycles. The highest BCUT2D eigenvalue weighted by Gasteiger charge is 2.21. The summed E-state index contributed by atoms with van der Waals surface area (Å²) in [7, 11) is 0. The average molecular weight is 381 g/mol. The molecule has 4 rings (SSSR count). The van der Waals surface area contributed by atoms with Gasteiger partial charge in [-0.1, -0.05) is 12.1 Å². The van der Waals surface area contributed by atoms with Crippen molar-refractivity contribution in [3.05, 3.63) is 53.1 Å². The van der Waals surface area contributed by atoms with Gasteiger partial charge >= 0.3 is 0 Å². The van der Waals surface area contributed by atoms with Crippen LogP contribution < -0.4 is 5.56 Å². The number of hydrogen-bond acceptors (Lipinski definition) is 6. The van der Waals surface area contributed by atoms with Crippen LogP contribution in [0.5, 0.6) is 0 Å². The molecule has 0 atom stereocenters. The summed E-state index contributed by atoms with van der Waals surface area (Å²) in [5.41, 5.74) is 0.641. The lowest BCUT2D eigenvalue weighted by Gasteiger charge is -2.34. The van der Waals surface area contributed by atoms with Crippen molar-refractivity contribution in [2.24, 2.45) is 0 Å². The molecule has 0 spiro atoms. The second-order valence-corrected chi connectivity index (χ2v) is 6.95. The predicted octanol–water partition coefficient (Wildman–Crippen LogP) is 0.639. The Kier molecular flexibility index (Phi) is 5.43. The largest absolute Gasteiger partial charge is 0.340 e. The molecule has 9 heteroatoms. The highest BCUT2D eigenvalue weighted by Crippen LogP contribution is 2.09. The van der Waals surface area contributed by atoms with Gasteiger partial charge in [-0.25, -0.2) is 9.97 Å². The summed E-state index contributed by atoms with van der Waals surface area (Å²) in [6, 6.07) is 7.31. The normalized spacial score (nSPS) is 15.2. The summed E-state index contributed by atoms with van der Waals surface area (Å²) in [5, 5.41) is 7.33. The molecule has 1 saturated heterocycles. The molecule has 1 amide bonds. The minimum atomic E-state index is -0.0564. The number of nitrogens with one attached hydrogen (secondary N) is 1. The van der Waals surface area contributed by atoms with E-state index in [0.29, 0.717) is 43.4 Å². The summed E-state index contributed by atoms with van der Waals surface area (Å²) < 4.78 is 1.59. The van der Waals surface area contributed by atoms with E-state index in [4.69, 9.17) is 0 Å². The highest BCUT2D eigenvalue weighted by atomic mass is 16.2. The average Bonchev–Trinajstić information content (AvgIpc) is 3.23. The lowest BCUT2D eigenvalue weighted by Crippen LogP contribution is -2.48. The van der Waals surface area contributed by atoms with Crippen molar-refractivity contribution in [1.29, 1.82) is 0 Å². The minimum Gasteiger partial charge on any atom is -0.340 e. The topological polar surface area (TPSA) is 100 Å². The molecule has 3 heterocycles. The first kappa shape index (κ1) is 18.3. The molecule has 0 radical (unpaired) electrons. The second-order valence-electron chi connectivity index (χ2n) is 6.95. The standard InChI is InChI=1S/C19H23N7O2/c27-18(25-10-8-24(9-11-25)12-17-20-13-22-23-17)6-3-7-26-14-21-16-5-2-1-4-15(16)19(26)28/h1-2,4-5,13-14H,3,6-12H2,(H,20,22,23). The van der Waals surface area contributed by atoms with Crippen LogP contribution in [0, 0.1) is 0 Å². The van der Waals surface area contributed by atoms with E-state index in [-0.39, 0.29) is 11.5 Å². The molecule has 1 aliphatic heterocycles. The van der Waals surface area contributed by atoms with Gasteiger partial charge in [0, 0.05) is 39.1 Å². The Hall–Kier alpha value is -3.07. The molecular weight excluding hydrogens is 358 g/mol. The molecule has 146 valence electrons. The first-order valence-corrected chi connectivity index (χ1v) is 9.49. The van der Waals surface area contributed by atoms with E-state index in [2.05, 4.69) is 25.1 Å². The maximum Gasteiger partial charge on any atom is 0.261 e. The summed E-state index contributed by atoms with van der Waals surface area (Å²) in [5.74, 6) is 0.982. The van der Waals surface area contributed by atoms with E-state index in [1.165, 1.54) is 6.33 Å². The van der Waals surface area contributed by atoms with Crippen LogP contribution in [0.4, 0.5) is 0 Å². The van der Waals surface area contributed by atoms with E-state index >= 15 is 0 Å². The molecule has 9 nitrogen and oxygen atoms in total. The maximum absolute atomic E-state index is 12.5. The predicted molar refractivity (Wildman–Crippen MR) is 103 cm³/mol. The monoisotopic (exact) mass is 381 g/mol. The molecule has 28 heavy (non-hydrogen) atoms. The Balaban J connectivity index is 1.25. The lowest BCUT2D eigenvalue weighted by atomic mass is 10.2. The zero-order chi connectivity index (χ0) is 19.3. The summed E-state index contributed by atoms with van der Waals surface area (Å²) in [6.45, 7) is 4.28. The van der Waals surface area contributed by atoms with Gasteiger partial charge in [0.15, 0.2) is 0 Å². The number of H-pyrrole nitrogens is 1. The fourth-order valence-corrected chi connectivity index (χ4v) is 3.50. The van der Waals surface area contributed by atoms with Crippen LogP contribution >= 0.6 is 0 Å². The number of hydrogen-bond donors (Lipinski definition) is 1. The quantitative estimate of drug-likeness (QED) is 0.673. The van der Waals surface area contributed by atoms with Crippen LogP contribution in [0.2, 0.25) is 0 Å². The molecule has 1 N–H and O–H groups in total. The second kappa shape index (κ2) is 8.30. The van der Waals surface area contributed by atoms with Crippen molar-refractivity contribution in [2.75, 3.05) is 26.2 Å². The van der Waals surface area contributed by atoms with E-state index in [1.807, 2.05) is 23.1 Å². The van der Waals surface area contributed by atoms with Gasteiger partial charge in [0.2, 0.25) is 5.91 Å². The minimum absolute atomic E-state index is 0.0564. The summed E-state index contributed by atoms with van der Waals surface area (Å²) >= 11 is 0. The van der Waals surface area contributed by atoms with Gasteiger partial charge in [-0.15, -0.1) is 0 Å². The smallest absolute Gasteiger partial charge is 0.261 e. The Labute approximate surface area is 162 Å². The number of para-hydroxylation sites is 1. The molecule has 1 aliphatic rings.